The maximum absolute atomic E-state index is 12.0. The van der Waals surface area contributed by atoms with E-state index in [-0.39, 0.29) is 11.6 Å². The summed E-state index contributed by atoms with van der Waals surface area (Å²) in [5, 5.41) is 3.00. The van der Waals surface area contributed by atoms with Crippen molar-refractivity contribution in [3.63, 3.8) is 0 Å². The van der Waals surface area contributed by atoms with E-state index in [1.165, 1.54) is 41.6 Å². The predicted molar refractivity (Wildman–Crippen MR) is 146 cm³/mol. The third kappa shape index (κ3) is 20.6. The first kappa shape index (κ1) is 31.2. The molecule has 33 heavy (non-hydrogen) atoms. The Balaban J connectivity index is 4.21. The number of hydrogen-bond acceptors (Lipinski definition) is 2. The Hall–Kier alpha value is -1.77. The van der Waals surface area contributed by atoms with Gasteiger partial charge in [-0.25, -0.2) is 4.79 Å². The Morgan fingerprint density at radius 3 is 1.79 bits per heavy atom. The maximum atomic E-state index is 12.0. The molecule has 0 aromatic heterocycles. The number of rotatable bonds is 17. The van der Waals surface area contributed by atoms with Crippen molar-refractivity contribution in [3.05, 3.63) is 46.6 Å². The molecule has 1 amide bonds. The van der Waals surface area contributed by atoms with Crippen LogP contribution in [0.5, 0.6) is 0 Å². The highest BCUT2D eigenvalue weighted by atomic mass is 16.5. The van der Waals surface area contributed by atoms with Gasteiger partial charge in [0.2, 0.25) is 0 Å². The molecule has 0 fully saturated rings. The highest BCUT2D eigenvalue weighted by Gasteiger charge is 2.19. The summed E-state index contributed by atoms with van der Waals surface area (Å²) in [6, 6.07) is 0. The van der Waals surface area contributed by atoms with Gasteiger partial charge < -0.3 is 10.1 Å². The first-order valence-corrected chi connectivity index (χ1v) is 13.1. The molecule has 0 unspecified atom stereocenters. The minimum atomic E-state index is -0.303. The van der Waals surface area contributed by atoms with E-state index in [0.29, 0.717) is 6.61 Å². The first-order chi connectivity index (χ1) is 15.6. The second-order valence-electron chi connectivity index (χ2n) is 10.5. The summed E-state index contributed by atoms with van der Waals surface area (Å²) in [5.74, 6) is 0. The molecule has 0 heterocycles. The lowest BCUT2D eigenvalue weighted by Gasteiger charge is -2.24. The Morgan fingerprint density at radius 2 is 1.27 bits per heavy atom. The zero-order chi connectivity index (χ0) is 25.1. The Labute approximate surface area is 205 Å². The lowest BCUT2D eigenvalue weighted by atomic mass is 9.98. The van der Waals surface area contributed by atoms with Gasteiger partial charge in [-0.1, -0.05) is 72.8 Å². The lowest BCUT2D eigenvalue weighted by molar-refractivity contribution is 0.134. The molecule has 3 heteroatoms. The van der Waals surface area contributed by atoms with Gasteiger partial charge in [0, 0.05) is 5.54 Å². The van der Waals surface area contributed by atoms with Gasteiger partial charge in [0.15, 0.2) is 0 Å². The highest BCUT2D eigenvalue weighted by Crippen LogP contribution is 2.16. The van der Waals surface area contributed by atoms with Crippen molar-refractivity contribution in [2.45, 2.75) is 132 Å². The molecule has 0 radical (unpaired) electrons. The zero-order valence-corrected chi connectivity index (χ0v) is 23.1. The van der Waals surface area contributed by atoms with Crippen molar-refractivity contribution in [1.29, 1.82) is 0 Å². The quantitative estimate of drug-likeness (QED) is 0.174. The molecular formula is C30H53NO2. The van der Waals surface area contributed by atoms with Crippen molar-refractivity contribution in [3.8, 4) is 0 Å². The molecule has 0 atom stereocenters. The number of carbonyl (C=O) groups is 1. The number of unbranched alkanes of at least 4 members (excludes halogenated alkanes) is 3. The first-order valence-electron chi connectivity index (χ1n) is 13.1. The van der Waals surface area contributed by atoms with Gasteiger partial charge in [-0.3, -0.25) is 0 Å². The molecule has 0 aromatic carbocycles. The summed E-state index contributed by atoms with van der Waals surface area (Å²) in [7, 11) is 0. The van der Waals surface area contributed by atoms with Crippen LogP contribution in [0.25, 0.3) is 0 Å². The molecule has 0 aliphatic heterocycles. The van der Waals surface area contributed by atoms with Crippen LogP contribution in [-0.2, 0) is 4.74 Å². The fourth-order valence-electron chi connectivity index (χ4n) is 3.47. The number of amides is 1. The van der Waals surface area contributed by atoms with E-state index >= 15 is 0 Å². The number of alkyl carbamates (subject to hydrolysis) is 1. The molecule has 0 spiro atoms. The van der Waals surface area contributed by atoms with E-state index in [1.54, 1.807) is 0 Å². The fourth-order valence-corrected chi connectivity index (χ4v) is 3.47. The van der Waals surface area contributed by atoms with Gasteiger partial charge in [-0.15, -0.1) is 0 Å². The van der Waals surface area contributed by atoms with Crippen LogP contribution in [0, 0.1) is 0 Å². The summed E-state index contributed by atoms with van der Waals surface area (Å²) >= 11 is 0. The van der Waals surface area contributed by atoms with E-state index in [2.05, 4.69) is 71.2 Å². The van der Waals surface area contributed by atoms with Crippen LogP contribution in [0.1, 0.15) is 126 Å². The van der Waals surface area contributed by atoms with E-state index < -0.39 is 0 Å². The average Bonchev–Trinajstić information content (AvgIpc) is 2.71. The van der Waals surface area contributed by atoms with Crippen molar-refractivity contribution in [2.24, 2.45) is 0 Å². The van der Waals surface area contributed by atoms with Crippen LogP contribution in [0.15, 0.2) is 46.6 Å². The maximum Gasteiger partial charge on any atom is 0.407 e. The molecule has 190 valence electrons. The number of ether oxygens (including phenoxy) is 1. The summed E-state index contributed by atoms with van der Waals surface area (Å²) in [6.45, 7) is 17.8. The molecule has 0 aliphatic carbocycles. The fraction of sp³-hybridized carbons (Fsp3) is 0.700. The van der Waals surface area contributed by atoms with Crippen molar-refractivity contribution >= 4 is 6.09 Å². The Bertz CT molecular complexity index is 661. The van der Waals surface area contributed by atoms with Crippen molar-refractivity contribution in [2.75, 3.05) is 6.61 Å². The second-order valence-corrected chi connectivity index (χ2v) is 10.5. The number of hydrogen-bond donors (Lipinski definition) is 1. The second kappa shape index (κ2) is 18.6. The van der Waals surface area contributed by atoms with Gasteiger partial charge in [-0.2, -0.15) is 0 Å². The van der Waals surface area contributed by atoms with Crippen LogP contribution in [0.3, 0.4) is 0 Å². The SMILES string of the molecule is CCCCCCOC(=O)NC(C)(C)C/C=C(\C)CC/C=C(\C)CC/C=C(\C)CCC=C(C)C. The van der Waals surface area contributed by atoms with Gasteiger partial charge >= 0.3 is 6.09 Å². The highest BCUT2D eigenvalue weighted by molar-refractivity contribution is 5.68. The summed E-state index contributed by atoms with van der Waals surface area (Å²) < 4.78 is 5.31. The molecule has 0 aliphatic rings. The normalized spacial score (nSPS) is 13.2. The number of carbonyl (C=O) groups excluding carboxylic acids is 1. The standard InChI is InChI=1S/C30H53NO2/c1-9-10-11-12-24-33-29(32)31-30(7,8)23-22-28(6)21-15-20-27(5)19-14-18-26(4)17-13-16-25(2)3/h16,18,20,22H,9-15,17,19,21,23-24H2,1-8H3,(H,31,32)/b26-18+,27-20+,28-22+. The average molecular weight is 460 g/mol. The van der Waals surface area contributed by atoms with Crippen LogP contribution >= 0.6 is 0 Å². The Kier molecular flexibility index (Phi) is 17.6. The molecule has 1 N–H and O–H groups in total. The lowest BCUT2D eigenvalue weighted by Crippen LogP contribution is -2.43. The van der Waals surface area contributed by atoms with E-state index in [4.69, 9.17) is 4.74 Å². The zero-order valence-electron chi connectivity index (χ0n) is 23.1. The molecule has 0 aromatic rings. The topological polar surface area (TPSA) is 38.3 Å². The molecule has 0 saturated carbocycles. The van der Waals surface area contributed by atoms with E-state index in [1.807, 2.05) is 13.8 Å². The monoisotopic (exact) mass is 459 g/mol. The molecule has 0 saturated heterocycles. The van der Waals surface area contributed by atoms with Crippen LogP contribution in [-0.4, -0.2) is 18.2 Å². The van der Waals surface area contributed by atoms with Crippen molar-refractivity contribution in [1.82, 2.24) is 5.32 Å². The van der Waals surface area contributed by atoms with Gasteiger partial charge in [0.05, 0.1) is 6.61 Å². The third-order valence-electron chi connectivity index (χ3n) is 5.79. The Morgan fingerprint density at radius 1 is 0.758 bits per heavy atom. The largest absolute Gasteiger partial charge is 0.450 e. The van der Waals surface area contributed by atoms with Crippen LogP contribution in [0.2, 0.25) is 0 Å². The van der Waals surface area contributed by atoms with Crippen LogP contribution < -0.4 is 5.32 Å². The van der Waals surface area contributed by atoms with Gasteiger partial charge in [-0.05, 0) is 99.8 Å². The molecule has 0 bridgehead atoms. The summed E-state index contributed by atoms with van der Waals surface area (Å²) in [6.07, 6.45) is 21.0. The van der Waals surface area contributed by atoms with Gasteiger partial charge in [0.25, 0.3) is 0 Å². The summed E-state index contributed by atoms with van der Waals surface area (Å²) in [5.41, 5.74) is 5.44. The van der Waals surface area contributed by atoms with Crippen LogP contribution in [0.4, 0.5) is 4.79 Å². The number of nitrogens with one attached hydrogen (secondary N) is 1. The minimum Gasteiger partial charge on any atom is -0.450 e. The molecule has 0 rings (SSSR count). The minimum absolute atomic E-state index is 0.302. The van der Waals surface area contributed by atoms with E-state index in [9.17, 15) is 4.79 Å². The van der Waals surface area contributed by atoms with Crippen molar-refractivity contribution < 1.29 is 9.53 Å². The summed E-state index contributed by atoms with van der Waals surface area (Å²) in [4.78, 5) is 12.0. The molecular weight excluding hydrogens is 406 g/mol. The smallest absolute Gasteiger partial charge is 0.407 e. The number of allylic oxidation sites excluding steroid dienone is 7. The molecule has 3 nitrogen and oxygen atoms in total. The van der Waals surface area contributed by atoms with E-state index in [0.717, 1.165) is 51.4 Å². The third-order valence-corrected chi connectivity index (χ3v) is 5.79. The predicted octanol–water partition coefficient (Wildman–Crippen LogP) is 9.61. The van der Waals surface area contributed by atoms with Gasteiger partial charge in [0.1, 0.15) is 0 Å².